The number of ether oxygens (including phenoxy) is 1. The van der Waals surface area contributed by atoms with Crippen molar-refractivity contribution in [1.29, 1.82) is 0 Å². The van der Waals surface area contributed by atoms with Gasteiger partial charge >= 0.3 is 0 Å². The third-order valence-corrected chi connectivity index (χ3v) is 5.17. The summed E-state index contributed by atoms with van der Waals surface area (Å²) in [5.74, 6) is -0.302. The molecule has 4 rings (SSSR count). The van der Waals surface area contributed by atoms with E-state index >= 15 is 0 Å². The van der Waals surface area contributed by atoms with Crippen molar-refractivity contribution in [2.45, 2.75) is 13.8 Å². The van der Waals surface area contributed by atoms with Gasteiger partial charge in [0.25, 0.3) is 11.1 Å². The maximum atomic E-state index is 12.2. The van der Waals surface area contributed by atoms with Gasteiger partial charge in [-0.15, -0.1) is 0 Å². The molecular weight excluding hydrogens is 378 g/mol. The number of hydrogen-bond donors (Lipinski definition) is 3. The smallest absolute Gasteiger partial charge is 0.280 e. The molecule has 0 bridgehead atoms. The Kier molecular flexibility index (Phi) is 4.16. The van der Waals surface area contributed by atoms with Crippen molar-refractivity contribution in [3.05, 3.63) is 52.8 Å². The summed E-state index contributed by atoms with van der Waals surface area (Å²) in [4.78, 5) is 20.6. The van der Waals surface area contributed by atoms with Crippen LogP contribution in [0.15, 0.2) is 36.1 Å². The van der Waals surface area contributed by atoms with Crippen molar-refractivity contribution in [3.8, 4) is 28.0 Å². The molecule has 142 valence electrons. The van der Waals surface area contributed by atoms with Crippen LogP contribution in [0.4, 0.5) is 5.69 Å². The molecule has 0 saturated carbocycles. The Morgan fingerprint density at radius 1 is 1.29 bits per heavy atom. The molecule has 0 fully saturated rings. The van der Waals surface area contributed by atoms with Gasteiger partial charge in [-0.25, -0.2) is 4.98 Å². The number of pyridine rings is 1. The molecule has 0 radical (unpaired) electrons. The second-order valence-corrected chi connectivity index (χ2v) is 7.16. The van der Waals surface area contributed by atoms with Gasteiger partial charge in [0, 0.05) is 23.3 Å². The molecule has 8 nitrogen and oxygen atoms in total. The second kappa shape index (κ2) is 6.54. The number of amides is 1. The number of primary amides is 1. The highest BCUT2D eigenvalue weighted by atomic mass is 32.1. The van der Waals surface area contributed by atoms with Crippen molar-refractivity contribution in [3.63, 3.8) is 0 Å². The summed E-state index contributed by atoms with van der Waals surface area (Å²) >= 11 is 1.32. The Bertz CT molecular complexity index is 1210. The van der Waals surface area contributed by atoms with E-state index in [4.69, 9.17) is 16.2 Å². The fraction of sp³-hybridized carbons (Fsp3) is 0.105. The largest absolute Gasteiger partial charge is 0.508 e. The Morgan fingerprint density at radius 3 is 2.75 bits per heavy atom. The molecule has 1 aromatic carbocycles. The van der Waals surface area contributed by atoms with Gasteiger partial charge in [0.1, 0.15) is 11.3 Å². The lowest BCUT2D eigenvalue weighted by molar-refractivity contribution is 0.100. The van der Waals surface area contributed by atoms with Gasteiger partial charge in [-0.1, -0.05) is 17.4 Å². The van der Waals surface area contributed by atoms with Crippen molar-refractivity contribution in [1.82, 2.24) is 14.4 Å². The van der Waals surface area contributed by atoms with Crippen LogP contribution in [-0.4, -0.2) is 25.4 Å². The molecule has 3 heterocycles. The van der Waals surface area contributed by atoms with E-state index in [1.165, 1.54) is 11.3 Å². The number of phenols is 1. The SMILES string of the molecule is Cc1ccc(O)c(C)c1-c1cn2cc(Oc3nccs3)nc2c(C(N)=O)c1N. The number of nitrogen functional groups attached to an aromatic ring is 1. The van der Waals surface area contributed by atoms with Gasteiger partial charge in [-0.2, -0.15) is 4.98 Å². The van der Waals surface area contributed by atoms with Crippen LogP contribution in [0.2, 0.25) is 0 Å². The van der Waals surface area contributed by atoms with E-state index in [1.807, 2.05) is 6.92 Å². The first kappa shape index (κ1) is 17.8. The number of rotatable bonds is 4. The van der Waals surface area contributed by atoms with Gasteiger partial charge in [-0.05, 0) is 36.6 Å². The maximum Gasteiger partial charge on any atom is 0.280 e. The molecule has 0 aliphatic rings. The van der Waals surface area contributed by atoms with Crippen LogP contribution in [0, 0.1) is 13.8 Å². The number of thiazole rings is 1. The number of carbonyl (C=O) groups excluding carboxylic acids is 1. The molecule has 0 unspecified atom stereocenters. The number of aryl methyl sites for hydroxylation is 1. The zero-order valence-corrected chi connectivity index (χ0v) is 15.9. The molecule has 0 atom stereocenters. The Morgan fingerprint density at radius 2 is 2.07 bits per heavy atom. The number of anilines is 1. The second-order valence-electron chi connectivity index (χ2n) is 6.31. The van der Waals surface area contributed by atoms with Gasteiger partial charge in [0.05, 0.1) is 11.9 Å². The lowest BCUT2D eigenvalue weighted by Gasteiger charge is -2.16. The standard InChI is InChI=1S/C19H17N5O3S/c1-9-3-4-12(25)10(2)14(9)11-7-24-8-13(27-19-22-5-6-28-19)23-18(24)15(16(11)20)17(21)26/h3-8,25H,20H2,1-2H3,(H2,21,26). The van der Waals surface area contributed by atoms with E-state index < -0.39 is 5.91 Å². The number of nitrogens with zero attached hydrogens (tertiary/aromatic N) is 3. The third kappa shape index (κ3) is 2.81. The van der Waals surface area contributed by atoms with Crippen LogP contribution in [0.3, 0.4) is 0 Å². The van der Waals surface area contributed by atoms with Crippen molar-refractivity contribution >= 4 is 28.6 Å². The van der Waals surface area contributed by atoms with Crippen LogP contribution < -0.4 is 16.2 Å². The predicted octanol–water partition coefficient (Wildman–Crippen LogP) is 3.25. The summed E-state index contributed by atoms with van der Waals surface area (Å²) in [5.41, 5.74) is 15.4. The van der Waals surface area contributed by atoms with Crippen LogP contribution >= 0.6 is 11.3 Å². The minimum Gasteiger partial charge on any atom is -0.508 e. The normalized spacial score (nSPS) is 11.1. The summed E-state index contributed by atoms with van der Waals surface area (Å²) in [7, 11) is 0. The quantitative estimate of drug-likeness (QED) is 0.486. The van der Waals surface area contributed by atoms with Crippen molar-refractivity contribution in [2.75, 3.05) is 5.73 Å². The van der Waals surface area contributed by atoms with Crippen LogP contribution in [0.25, 0.3) is 16.8 Å². The molecule has 9 heteroatoms. The monoisotopic (exact) mass is 395 g/mol. The van der Waals surface area contributed by atoms with Gasteiger partial charge < -0.3 is 25.7 Å². The molecule has 4 aromatic rings. The Hall–Kier alpha value is -3.59. The maximum absolute atomic E-state index is 12.2. The molecule has 0 spiro atoms. The Balaban J connectivity index is 1.97. The third-order valence-electron chi connectivity index (χ3n) is 4.52. The first-order valence-electron chi connectivity index (χ1n) is 8.34. The number of hydrogen-bond acceptors (Lipinski definition) is 7. The van der Waals surface area contributed by atoms with Crippen molar-refractivity contribution < 1.29 is 14.6 Å². The summed E-state index contributed by atoms with van der Waals surface area (Å²) in [5, 5.41) is 12.3. The van der Waals surface area contributed by atoms with E-state index in [0.29, 0.717) is 16.3 Å². The minimum atomic E-state index is -0.703. The average Bonchev–Trinajstić information content (AvgIpc) is 3.28. The van der Waals surface area contributed by atoms with Crippen LogP contribution in [-0.2, 0) is 0 Å². The number of nitrogens with two attached hydrogens (primary N) is 2. The molecule has 0 saturated heterocycles. The number of aromatic nitrogens is 3. The molecular formula is C19H17N5O3S. The van der Waals surface area contributed by atoms with E-state index in [9.17, 15) is 9.90 Å². The average molecular weight is 395 g/mol. The highest BCUT2D eigenvalue weighted by molar-refractivity contribution is 7.11. The number of fused-ring (bicyclic) bond motifs is 1. The van der Waals surface area contributed by atoms with E-state index in [2.05, 4.69) is 9.97 Å². The molecule has 0 aliphatic carbocycles. The first-order valence-corrected chi connectivity index (χ1v) is 9.22. The molecule has 28 heavy (non-hydrogen) atoms. The highest BCUT2D eigenvalue weighted by Gasteiger charge is 2.22. The molecule has 0 aliphatic heterocycles. The number of benzene rings is 1. The van der Waals surface area contributed by atoms with Crippen LogP contribution in [0.5, 0.6) is 16.8 Å². The summed E-state index contributed by atoms with van der Waals surface area (Å²) in [6.07, 6.45) is 4.99. The molecule has 5 N–H and O–H groups in total. The number of imidazole rings is 1. The number of aromatic hydroxyl groups is 1. The van der Waals surface area contributed by atoms with Crippen molar-refractivity contribution in [2.24, 2.45) is 5.73 Å². The minimum absolute atomic E-state index is 0.0913. The lowest BCUT2D eigenvalue weighted by atomic mass is 9.93. The van der Waals surface area contributed by atoms with Crippen LogP contribution in [0.1, 0.15) is 21.5 Å². The fourth-order valence-electron chi connectivity index (χ4n) is 3.21. The summed E-state index contributed by atoms with van der Waals surface area (Å²) in [6.45, 7) is 3.69. The first-order chi connectivity index (χ1) is 13.4. The summed E-state index contributed by atoms with van der Waals surface area (Å²) in [6, 6.07) is 3.41. The van der Waals surface area contributed by atoms with Gasteiger partial charge in [-0.3, -0.25) is 4.79 Å². The van der Waals surface area contributed by atoms with E-state index in [0.717, 1.165) is 11.1 Å². The van der Waals surface area contributed by atoms with Gasteiger partial charge in [0.15, 0.2) is 5.65 Å². The number of phenolic OH excluding ortho intramolecular Hbond substituents is 1. The van der Waals surface area contributed by atoms with Gasteiger partial charge in [0.2, 0.25) is 5.88 Å². The fourth-order valence-corrected chi connectivity index (χ4v) is 3.70. The zero-order chi connectivity index (χ0) is 20.0. The Labute approximate surface area is 164 Å². The van der Waals surface area contributed by atoms with E-state index in [1.54, 1.807) is 47.4 Å². The lowest BCUT2D eigenvalue weighted by Crippen LogP contribution is -2.16. The topological polar surface area (TPSA) is 129 Å². The predicted molar refractivity (Wildman–Crippen MR) is 107 cm³/mol. The molecule has 1 amide bonds. The summed E-state index contributed by atoms with van der Waals surface area (Å²) < 4.78 is 7.27. The highest BCUT2D eigenvalue weighted by Crippen LogP contribution is 2.38. The van der Waals surface area contributed by atoms with E-state index in [-0.39, 0.29) is 28.5 Å². The molecule has 3 aromatic heterocycles. The number of carbonyl (C=O) groups is 1. The zero-order valence-electron chi connectivity index (χ0n) is 15.1.